The highest BCUT2D eigenvalue weighted by Crippen LogP contribution is 2.10. The molecule has 0 aromatic heterocycles. The van der Waals surface area contributed by atoms with Crippen molar-refractivity contribution in [1.82, 2.24) is 0 Å². The Bertz CT molecular complexity index is 297. The molecule has 0 aliphatic heterocycles. The first-order chi connectivity index (χ1) is 6.68. The van der Waals surface area contributed by atoms with Crippen molar-refractivity contribution in [1.29, 1.82) is 0 Å². The number of carbonyl (C=O) groups is 1. The fourth-order valence-corrected chi connectivity index (χ4v) is 1.07. The molecule has 0 spiro atoms. The molecular formula is C10H12ClNO2. The Hall–Kier alpha value is -1.06. The minimum atomic E-state index is -0.346. The van der Waals surface area contributed by atoms with Crippen LogP contribution in [-0.4, -0.2) is 12.5 Å². The highest BCUT2D eigenvalue weighted by Gasteiger charge is 1.96. The Labute approximate surface area is 87.8 Å². The number of carbonyl (C=O) groups excluding carboxylic acids is 1. The Balaban J connectivity index is 2.25. The maximum absolute atomic E-state index is 10.4. The molecule has 0 heterocycles. The van der Waals surface area contributed by atoms with Gasteiger partial charge in [-0.25, -0.2) is 0 Å². The van der Waals surface area contributed by atoms with Crippen LogP contribution in [0.4, 0.5) is 0 Å². The zero-order valence-corrected chi connectivity index (χ0v) is 8.46. The van der Waals surface area contributed by atoms with Gasteiger partial charge in [-0.2, -0.15) is 0 Å². The summed E-state index contributed by atoms with van der Waals surface area (Å²) in [5, 5.41) is 0.700. The largest absolute Gasteiger partial charge is 0.376 e. The summed E-state index contributed by atoms with van der Waals surface area (Å²) in [6, 6.07) is 7.36. The van der Waals surface area contributed by atoms with E-state index < -0.39 is 0 Å². The van der Waals surface area contributed by atoms with Gasteiger partial charge in [-0.15, -0.1) is 0 Å². The van der Waals surface area contributed by atoms with Gasteiger partial charge in [0, 0.05) is 11.4 Å². The molecule has 0 bridgehead atoms. The number of amides is 1. The Morgan fingerprint density at radius 2 is 2.00 bits per heavy atom. The smallest absolute Gasteiger partial charge is 0.219 e. The monoisotopic (exact) mass is 213 g/mol. The molecule has 1 aromatic rings. The van der Waals surface area contributed by atoms with E-state index in [0.29, 0.717) is 18.2 Å². The second-order valence-electron chi connectivity index (χ2n) is 2.90. The van der Waals surface area contributed by atoms with E-state index in [1.165, 1.54) is 0 Å². The molecule has 76 valence electrons. The van der Waals surface area contributed by atoms with Gasteiger partial charge in [-0.3, -0.25) is 4.79 Å². The zero-order valence-electron chi connectivity index (χ0n) is 7.70. The van der Waals surface area contributed by atoms with Crippen molar-refractivity contribution in [3.05, 3.63) is 34.9 Å². The van der Waals surface area contributed by atoms with Gasteiger partial charge in [0.15, 0.2) is 0 Å². The quantitative estimate of drug-likeness (QED) is 0.758. The summed E-state index contributed by atoms with van der Waals surface area (Å²) < 4.78 is 5.23. The van der Waals surface area contributed by atoms with Gasteiger partial charge in [0.25, 0.3) is 0 Å². The van der Waals surface area contributed by atoms with Gasteiger partial charge >= 0.3 is 0 Å². The van der Waals surface area contributed by atoms with Gasteiger partial charge in [-0.05, 0) is 17.7 Å². The average Bonchev–Trinajstić information content (AvgIpc) is 2.15. The maximum Gasteiger partial charge on any atom is 0.219 e. The number of ether oxygens (including phenoxy) is 1. The fraction of sp³-hybridized carbons (Fsp3) is 0.300. The third-order valence-electron chi connectivity index (χ3n) is 1.67. The van der Waals surface area contributed by atoms with E-state index in [0.717, 1.165) is 5.56 Å². The average molecular weight is 214 g/mol. The molecule has 1 aromatic carbocycles. The Kier molecular flexibility index (Phi) is 4.43. The lowest BCUT2D eigenvalue weighted by Crippen LogP contribution is -2.13. The van der Waals surface area contributed by atoms with Gasteiger partial charge in [0.05, 0.1) is 13.2 Å². The summed E-state index contributed by atoms with van der Waals surface area (Å²) in [6.45, 7) is 0.836. The second kappa shape index (κ2) is 5.62. The van der Waals surface area contributed by atoms with Crippen LogP contribution < -0.4 is 5.73 Å². The zero-order chi connectivity index (χ0) is 10.4. The molecule has 0 saturated carbocycles. The van der Waals surface area contributed by atoms with Crippen molar-refractivity contribution in [3.8, 4) is 0 Å². The standard InChI is InChI=1S/C10H12ClNO2/c11-9-3-1-8(2-4-9)7-14-6-5-10(12)13/h1-4H,5-7H2,(H2,12,13). The predicted octanol–water partition coefficient (Wildman–Crippen LogP) is 1.73. The van der Waals surface area contributed by atoms with Gasteiger partial charge < -0.3 is 10.5 Å². The van der Waals surface area contributed by atoms with E-state index in [2.05, 4.69) is 0 Å². The lowest BCUT2D eigenvalue weighted by atomic mass is 10.2. The molecule has 2 N–H and O–H groups in total. The Morgan fingerprint density at radius 1 is 1.36 bits per heavy atom. The van der Waals surface area contributed by atoms with Crippen LogP contribution in [0.5, 0.6) is 0 Å². The molecule has 0 aliphatic carbocycles. The van der Waals surface area contributed by atoms with E-state index in [-0.39, 0.29) is 12.3 Å². The van der Waals surface area contributed by atoms with Crippen LogP contribution in [0.15, 0.2) is 24.3 Å². The molecular weight excluding hydrogens is 202 g/mol. The molecule has 0 aliphatic rings. The highest BCUT2D eigenvalue weighted by atomic mass is 35.5. The van der Waals surface area contributed by atoms with E-state index in [1.807, 2.05) is 12.1 Å². The molecule has 4 heteroatoms. The first-order valence-corrected chi connectivity index (χ1v) is 4.67. The number of nitrogens with two attached hydrogens (primary N) is 1. The van der Waals surface area contributed by atoms with Crippen LogP contribution in [-0.2, 0) is 16.1 Å². The summed E-state index contributed by atoms with van der Waals surface area (Å²) in [5.41, 5.74) is 5.98. The first-order valence-electron chi connectivity index (χ1n) is 4.29. The van der Waals surface area contributed by atoms with Crippen LogP contribution in [0.1, 0.15) is 12.0 Å². The molecule has 1 amide bonds. The third-order valence-corrected chi connectivity index (χ3v) is 1.93. The van der Waals surface area contributed by atoms with Crippen molar-refractivity contribution in [2.45, 2.75) is 13.0 Å². The lowest BCUT2D eigenvalue weighted by molar-refractivity contribution is -0.119. The van der Waals surface area contributed by atoms with Crippen molar-refractivity contribution in [3.63, 3.8) is 0 Å². The van der Waals surface area contributed by atoms with Crippen LogP contribution in [0.25, 0.3) is 0 Å². The SMILES string of the molecule is NC(=O)CCOCc1ccc(Cl)cc1. The van der Waals surface area contributed by atoms with E-state index >= 15 is 0 Å². The van der Waals surface area contributed by atoms with E-state index in [4.69, 9.17) is 22.1 Å². The number of benzene rings is 1. The summed E-state index contributed by atoms with van der Waals surface area (Å²) in [5.74, 6) is -0.346. The van der Waals surface area contributed by atoms with Crippen LogP contribution in [0.3, 0.4) is 0 Å². The first kappa shape index (κ1) is 11.0. The molecule has 0 radical (unpaired) electrons. The highest BCUT2D eigenvalue weighted by molar-refractivity contribution is 6.30. The normalized spacial score (nSPS) is 10.1. The van der Waals surface area contributed by atoms with Crippen LogP contribution >= 0.6 is 11.6 Å². The predicted molar refractivity (Wildman–Crippen MR) is 54.9 cm³/mol. The molecule has 14 heavy (non-hydrogen) atoms. The molecule has 0 atom stereocenters. The lowest BCUT2D eigenvalue weighted by Gasteiger charge is -2.02. The third kappa shape index (κ3) is 4.25. The minimum Gasteiger partial charge on any atom is -0.376 e. The van der Waals surface area contributed by atoms with Gasteiger partial charge in [0.2, 0.25) is 5.91 Å². The minimum absolute atomic E-state index is 0.258. The Morgan fingerprint density at radius 3 is 2.57 bits per heavy atom. The van der Waals surface area contributed by atoms with Crippen LogP contribution in [0.2, 0.25) is 5.02 Å². The number of hydrogen-bond donors (Lipinski definition) is 1. The maximum atomic E-state index is 10.4. The van der Waals surface area contributed by atoms with Crippen molar-refractivity contribution in [2.24, 2.45) is 5.73 Å². The number of hydrogen-bond acceptors (Lipinski definition) is 2. The number of halogens is 1. The second-order valence-corrected chi connectivity index (χ2v) is 3.33. The summed E-state index contributed by atoms with van der Waals surface area (Å²) in [4.78, 5) is 10.4. The molecule has 0 fully saturated rings. The number of rotatable bonds is 5. The van der Waals surface area contributed by atoms with Crippen molar-refractivity contribution >= 4 is 17.5 Å². The van der Waals surface area contributed by atoms with Gasteiger partial charge in [-0.1, -0.05) is 23.7 Å². The van der Waals surface area contributed by atoms with Crippen molar-refractivity contribution in [2.75, 3.05) is 6.61 Å². The molecule has 0 unspecified atom stereocenters. The molecule has 3 nitrogen and oxygen atoms in total. The van der Waals surface area contributed by atoms with Gasteiger partial charge in [0.1, 0.15) is 0 Å². The summed E-state index contributed by atoms with van der Waals surface area (Å²) in [6.07, 6.45) is 0.258. The van der Waals surface area contributed by atoms with E-state index in [9.17, 15) is 4.79 Å². The van der Waals surface area contributed by atoms with Crippen LogP contribution in [0, 0.1) is 0 Å². The van der Waals surface area contributed by atoms with Crippen molar-refractivity contribution < 1.29 is 9.53 Å². The number of primary amides is 1. The fourth-order valence-electron chi connectivity index (χ4n) is 0.943. The topological polar surface area (TPSA) is 52.3 Å². The van der Waals surface area contributed by atoms with E-state index in [1.54, 1.807) is 12.1 Å². The summed E-state index contributed by atoms with van der Waals surface area (Å²) in [7, 11) is 0. The molecule has 1 rings (SSSR count). The summed E-state index contributed by atoms with van der Waals surface area (Å²) >= 11 is 5.71. The molecule has 0 saturated heterocycles.